The topological polar surface area (TPSA) is 49.4 Å². The van der Waals surface area contributed by atoms with Gasteiger partial charge < -0.3 is 5.32 Å². The zero-order chi connectivity index (χ0) is 15.7. The lowest BCUT2D eigenvalue weighted by Crippen LogP contribution is -2.34. The van der Waals surface area contributed by atoms with Crippen LogP contribution in [0.1, 0.15) is 5.56 Å². The molecule has 2 aromatic carbocycles. The second-order valence-electron chi connectivity index (χ2n) is 4.93. The number of carbonyl (C=O) groups is 2. The monoisotopic (exact) mass is 424 g/mol. The summed E-state index contributed by atoms with van der Waals surface area (Å²) in [6.45, 7) is 1.93. The Balaban J connectivity index is 1.81. The molecule has 1 aliphatic rings. The predicted octanol–water partition coefficient (Wildman–Crippen LogP) is 4.24. The summed E-state index contributed by atoms with van der Waals surface area (Å²) in [6, 6.07) is 15.1. The van der Waals surface area contributed by atoms with Gasteiger partial charge in [-0.15, -0.1) is 0 Å². The Morgan fingerprint density at radius 2 is 1.86 bits per heavy atom. The molecule has 0 aromatic heterocycles. The van der Waals surface area contributed by atoms with Crippen molar-refractivity contribution in [2.45, 2.75) is 12.3 Å². The molecule has 112 valence electrons. The first-order valence-corrected chi connectivity index (χ1v) is 8.64. The average molecular weight is 424 g/mol. The van der Waals surface area contributed by atoms with Crippen molar-refractivity contribution < 1.29 is 9.59 Å². The molecule has 1 N–H and O–H groups in total. The summed E-state index contributed by atoms with van der Waals surface area (Å²) >= 11 is 3.23. The van der Waals surface area contributed by atoms with E-state index in [1.807, 2.05) is 49.4 Å². The van der Waals surface area contributed by atoms with Gasteiger partial charge in [0.2, 0.25) is 0 Å². The Bertz CT molecular complexity index is 733. The Kier molecular flexibility index (Phi) is 4.39. The maximum Gasteiger partial charge on any atom is 0.295 e. The molecule has 0 unspecified atom stereocenters. The zero-order valence-electron chi connectivity index (χ0n) is 11.7. The molecule has 22 heavy (non-hydrogen) atoms. The number of nitrogens with zero attached hydrogens (tertiary/aromatic N) is 1. The van der Waals surface area contributed by atoms with E-state index in [1.165, 1.54) is 4.90 Å². The van der Waals surface area contributed by atoms with E-state index in [9.17, 15) is 9.59 Å². The first kappa shape index (κ1) is 15.4. The van der Waals surface area contributed by atoms with Crippen LogP contribution in [-0.4, -0.2) is 16.5 Å². The van der Waals surface area contributed by atoms with Gasteiger partial charge in [-0.1, -0.05) is 12.1 Å². The van der Waals surface area contributed by atoms with Crippen molar-refractivity contribution in [3.63, 3.8) is 0 Å². The number of benzene rings is 2. The molecule has 6 heteroatoms. The van der Waals surface area contributed by atoms with Gasteiger partial charge in [0.25, 0.3) is 11.1 Å². The van der Waals surface area contributed by atoms with Crippen molar-refractivity contribution in [1.29, 1.82) is 0 Å². The van der Waals surface area contributed by atoms with Gasteiger partial charge in [-0.25, -0.2) is 4.90 Å². The normalized spacial score (nSPS) is 17.9. The highest BCUT2D eigenvalue weighted by Crippen LogP contribution is 2.32. The van der Waals surface area contributed by atoms with Gasteiger partial charge in [-0.2, -0.15) is 0 Å². The summed E-state index contributed by atoms with van der Waals surface area (Å²) in [5.74, 6) is -0.237. The van der Waals surface area contributed by atoms with Gasteiger partial charge in [0.05, 0.1) is 5.69 Å². The van der Waals surface area contributed by atoms with E-state index in [4.69, 9.17) is 0 Å². The third kappa shape index (κ3) is 3.12. The van der Waals surface area contributed by atoms with Crippen molar-refractivity contribution in [1.82, 2.24) is 0 Å². The fourth-order valence-corrected chi connectivity index (χ4v) is 3.46. The summed E-state index contributed by atoms with van der Waals surface area (Å²) in [6.07, 6.45) is 0. The Morgan fingerprint density at radius 1 is 1.14 bits per heavy atom. The highest BCUT2D eigenvalue weighted by molar-refractivity contribution is 14.1. The molecule has 3 rings (SSSR count). The summed E-state index contributed by atoms with van der Waals surface area (Å²) in [5, 5.41) is 2.27. The summed E-state index contributed by atoms with van der Waals surface area (Å²) in [4.78, 5) is 25.9. The van der Waals surface area contributed by atoms with E-state index < -0.39 is 5.37 Å². The number of amides is 2. The fraction of sp³-hybridized carbons (Fsp3) is 0.125. The van der Waals surface area contributed by atoms with Crippen LogP contribution in [-0.2, 0) is 4.79 Å². The highest BCUT2D eigenvalue weighted by Gasteiger charge is 2.40. The third-order valence-electron chi connectivity index (χ3n) is 3.25. The molecule has 1 fully saturated rings. The fourth-order valence-electron chi connectivity index (χ4n) is 2.20. The summed E-state index contributed by atoms with van der Waals surface area (Å²) in [7, 11) is 0. The number of hydrogen-bond acceptors (Lipinski definition) is 4. The van der Waals surface area contributed by atoms with E-state index in [-0.39, 0.29) is 11.1 Å². The molecule has 1 aliphatic heterocycles. The number of rotatable bonds is 3. The van der Waals surface area contributed by atoms with Crippen LogP contribution >= 0.6 is 34.4 Å². The molecular formula is C16H13IN2O2S. The maximum atomic E-state index is 12.5. The SMILES string of the molecule is Cc1cccc(N2C(=O)S[C@@H](Nc3ccc(I)cc3)C2=O)c1. The molecule has 2 aromatic rings. The van der Waals surface area contributed by atoms with Crippen LogP contribution in [0.25, 0.3) is 0 Å². The van der Waals surface area contributed by atoms with Crippen LogP contribution in [0.15, 0.2) is 48.5 Å². The Hall–Kier alpha value is -1.54. The van der Waals surface area contributed by atoms with Crippen LogP contribution < -0.4 is 10.2 Å². The molecule has 0 radical (unpaired) electrons. The lowest BCUT2D eigenvalue weighted by atomic mass is 10.2. The highest BCUT2D eigenvalue weighted by atomic mass is 127. The van der Waals surface area contributed by atoms with Crippen LogP contribution in [0, 0.1) is 10.5 Å². The van der Waals surface area contributed by atoms with Crippen LogP contribution in [0.4, 0.5) is 16.2 Å². The number of halogens is 1. The smallest absolute Gasteiger partial charge is 0.295 e. The number of nitrogens with one attached hydrogen (secondary N) is 1. The van der Waals surface area contributed by atoms with Crippen molar-refractivity contribution >= 4 is 56.9 Å². The van der Waals surface area contributed by atoms with Gasteiger partial charge in [-0.3, -0.25) is 9.59 Å². The van der Waals surface area contributed by atoms with Gasteiger partial charge >= 0.3 is 0 Å². The third-order valence-corrected chi connectivity index (χ3v) is 4.91. The van der Waals surface area contributed by atoms with Crippen LogP contribution in [0.5, 0.6) is 0 Å². The number of hydrogen-bond donors (Lipinski definition) is 1. The molecule has 0 bridgehead atoms. The molecule has 0 saturated carbocycles. The first-order chi connectivity index (χ1) is 10.5. The largest absolute Gasteiger partial charge is 0.365 e. The first-order valence-electron chi connectivity index (χ1n) is 6.68. The lowest BCUT2D eigenvalue weighted by Gasteiger charge is -2.15. The quantitative estimate of drug-likeness (QED) is 0.750. The van der Waals surface area contributed by atoms with E-state index in [2.05, 4.69) is 27.9 Å². The predicted molar refractivity (Wildman–Crippen MR) is 98.2 cm³/mol. The van der Waals surface area contributed by atoms with E-state index in [0.29, 0.717) is 5.69 Å². The molecule has 2 amide bonds. The summed E-state index contributed by atoms with van der Waals surface area (Å²) < 4.78 is 1.12. The molecule has 1 saturated heterocycles. The van der Waals surface area contributed by atoms with Gasteiger partial charge in [0.15, 0.2) is 5.37 Å². The minimum Gasteiger partial charge on any atom is -0.365 e. The van der Waals surface area contributed by atoms with E-state index >= 15 is 0 Å². The minimum absolute atomic E-state index is 0.237. The zero-order valence-corrected chi connectivity index (χ0v) is 14.7. The number of aryl methyl sites for hydroxylation is 1. The summed E-state index contributed by atoms with van der Waals surface area (Å²) in [5.41, 5.74) is 2.46. The molecule has 4 nitrogen and oxygen atoms in total. The molecule has 1 heterocycles. The molecule has 0 aliphatic carbocycles. The standard InChI is InChI=1S/C16H13IN2O2S/c1-10-3-2-4-13(9-10)19-15(20)14(22-16(19)21)18-12-7-5-11(17)6-8-12/h2-9,14,18H,1H3/t14-/m1/s1. The Labute approximate surface area is 146 Å². The number of imide groups is 1. The van der Waals surface area contributed by atoms with Crippen LogP contribution in [0.2, 0.25) is 0 Å². The maximum absolute atomic E-state index is 12.5. The number of carbonyl (C=O) groups excluding carboxylic acids is 2. The Morgan fingerprint density at radius 3 is 2.55 bits per heavy atom. The molecule has 0 spiro atoms. The van der Waals surface area contributed by atoms with Crippen molar-refractivity contribution in [3.05, 3.63) is 57.7 Å². The molecule has 1 atom stereocenters. The van der Waals surface area contributed by atoms with E-state index in [0.717, 1.165) is 26.6 Å². The number of anilines is 2. The van der Waals surface area contributed by atoms with Crippen molar-refractivity contribution in [3.8, 4) is 0 Å². The average Bonchev–Trinajstić information content (AvgIpc) is 2.76. The van der Waals surface area contributed by atoms with Gasteiger partial charge in [-0.05, 0) is 83.2 Å². The lowest BCUT2D eigenvalue weighted by molar-refractivity contribution is -0.116. The van der Waals surface area contributed by atoms with E-state index in [1.54, 1.807) is 6.07 Å². The van der Waals surface area contributed by atoms with Crippen molar-refractivity contribution in [2.24, 2.45) is 0 Å². The molecular weight excluding hydrogens is 411 g/mol. The second kappa shape index (κ2) is 6.29. The number of thioether (sulfide) groups is 1. The van der Waals surface area contributed by atoms with Crippen LogP contribution in [0.3, 0.4) is 0 Å². The second-order valence-corrected chi connectivity index (χ2v) is 7.23. The van der Waals surface area contributed by atoms with Crippen molar-refractivity contribution in [2.75, 3.05) is 10.2 Å². The van der Waals surface area contributed by atoms with Gasteiger partial charge in [0, 0.05) is 9.26 Å². The van der Waals surface area contributed by atoms with Gasteiger partial charge in [0.1, 0.15) is 0 Å². The minimum atomic E-state index is -0.590.